The van der Waals surface area contributed by atoms with Crippen LogP contribution in [0.3, 0.4) is 0 Å². The Balaban J connectivity index is 1.23. The van der Waals surface area contributed by atoms with E-state index >= 15 is 0 Å². The molecule has 0 N–H and O–H groups in total. The molecule has 2 atom stereocenters. The highest BCUT2D eigenvalue weighted by Crippen LogP contribution is 2.45. The summed E-state index contributed by atoms with van der Waals surface area (Å²) in [5.41, 5.74) is -6.68. The average Bonchev–Trinajstić information content (AvgIpc) is 3.21. The van der Waals surface area contributed by atoms with Crippen LogP contribution in [0, 0.1) is 0 Å². The molecule has 0 saturated heterocycles. The van der Waals surface area contributed by atoms with E-state index in [2.05, 4.69) is 15.0 Å². The van der Waals surface area contributed by atoms with Gasteiger partial charge < -0.3 is 18.9 Å². The number of fused-ring (bicyclic) bond motifs is 2. The predicted molar refractivity (Wildman–Crippen MR) is 199 cm³/mol. The third-order valence-corrected chi connectivity index (χ3v) is 9.39. The Morgan fingerprint density at radius 1 is 0.431 bits per heavy atom. The number of hydrogen-bond acceptors (Lipinski definition) is 9. The molecule has 4 aromatic carbocycles. The van der Waals surface area contributed by atoms with E-state index in [1.54, 1.807) is 54.6 Å². The highest BCUT2D eigenvalue weighted by molar-refractivity contribution is 5.93. The maximum atomic E-state index is 14.6. The lowest BCUT2D eigenvalue weighted by Gasteiger charge is -2.32. The highest BCUT2D eigenvalue weighted by Gasteiger charge is 2.65. The first-order chi connectivity index (χ1) is 27.7. The van der Waals surface area contributed by atoms with E-state index in [0.717, 1.165) is 38.5 Å². The van der Waals surface area contributed by atoms with Gasteiger partial charge in [0.2, 0.25) is 0 Å². The number of carbonyl (C=O) groups excluding carboxylic acids is 2. The molecule has 0 unspecified atom stereocenters. The zero-order valence-corrected chi connectivity index (χ0v) is 30.3. The third kappa shape index (κ3) is 6.88. The van der Waals surface area contributed by atoms with Crippen LogP contribution in [0.5, 0.6) is 11.5 Å². The van der Waals surface area contributed by atoms with Gasteiger partial charge in [-0.25, -0.2) is 24.5 Å². The zero-order chi connectivity index (χ0) is 41.3. The van der Waals surface area contributed by atoms with Crippen molar-refractivity contribution in [2.24, 2.45) is 0 Å². The van der Waals surface area contributed by atoms with Crippen LogP contribution in [-0.2, 0) is 30.3 Å². The number of halogens is 6. The molecule has 0 saturated carbocycles. The van der Waals surface area contributed by atoms with E-state index in [9.17, 15) is 35.9 Å². The Labute approximate surface area is 325 Å². The number of ether oxygens (including phenoxy) is 4. The monoisotopic (exact) mass is 797 g/mol. The van der Waals surface area contributed by atoms with Gasteiger partial charge in [0, 0.05) is 36.1 Å². The van der Waals surface area contributed by atoms with E-state index in [0.29, 0.717) is 10.8 Å². The van der Waals surface area contributed by atoms with Gasteiger partial charge in [0.25, 0.3) is 11.2 Å². The Hall–Kier alpha value is -6.71. The van der Waals surface area contributed by atoms with E-state index in [1.807, 2.05) is 0 Å². The molecule has 7 aromatic rings. The van der Waals surface area contributed by atoms with Gasteiger partial charge in [-0.3, -0.25) is 0 Å². The number of alkyl halides is 6. The van der Waals surface area contributed by atoms with Crippen molar-refractivity contribution in [1.82, 2.24) is 15.0 Å². The first-order valence-corrected chi connectivity index (χ1v) is 17.3. The van der Waals surface area contributed by atoms with Gasteiger partial charge in [0.1, 0.15) is 11.0 Å². The summed E-state index contributed by atoms with van der Waals surface area (Å²) in [6.45, 7) is 0. The molecule has 0 bridgehead atoms. The maximum Gasteiger partial charge on any atom is 0.432 e. The molecule has 0 aliphatic carbocycles. The van der Waals surface area contributed by atoms with Crippen LogP contribution in [0.4, 0.5) is 26.3 Å². The van der Waals surface area contributed by atoms with E-state index in [-0.39, 0.29) is 45.3 Å². The van der Waals surface area contributed by atoms with Crippen LogP contribution in [0.2, 0.25) is 0 Å². The van der Waals surface area contributed by atoms with Gasteiger partial charge in [-0.2, -0.15) is 26.3 Å². The average molecular weight is 798 g/mol. The molecule has 294 valence electrons. The summed E-state index contributed by atoms with van der Waals surface area (Å²) in [7, 11) is 1.53. The number of rotatable bonds is 10. The van der Waals surface area contributed by atoms with Crippen molar-refractivity contribution in [1.29, 1.82) is 0 Å². The maximum absolute atomic E-state index is 14.6. The minimum atomic E-state index is -5.20. The van der Waals surface area contributed by atoms with Crippen molar-refractivity contribution in [2.75, 3.05) is 14.2 Å². The first-order valence-electron chi connectivity index (χ1n) is 17.3. The topological polar surface area (TPSA) is 110 Å². The SMILES string of the molecule is CO[C@@](C(=O)Oc1cccc2ccc(-c3cccc(-c4ccc5cccc(OC(=O)[C@](OC)(c6ccccc6)C(F)(F)F)c5n4)n3)nc12)(c1ccccc1)C(F)(F)F. The van der Waals surface area contributed by atoms with Crippen LogP contribution in [-0.4, -0.2) is 53.5 Å². The number of pyridine rings is 3. The Kier molecular flexibility index (Phi) is 10.4. The standard InChI is InChI=1S/C43H29F6N3O6/c1-55-40(42(44,45)46,28-14-5-3-6-15-28)38(53)57-34-20-9-12-26-22-24-32(51-36(26)34)30-18-11-19-31(50-30)33-25-23-27-13-10-21-35(37(27)52-33)58-39(54)41(56-2,43(47,48)49)29-16-7-4-8-17-29/h3-25H,1-2H3/t40-,41-/m1/s1. The Morgan fingerprint density at radius 3 is 1.16 bits per heavy atom. The molecule has 58 heavy (non-hydrogen) atoms. The van der Waals surface area contributed by atoms with Gasteiger partial charge >= 0.3 is 24.3 Å². The number of esters is 2. The molecule has 0 fully saturated rings. The van der Waals surface area contributed by atoms with Crippen molar-refractivity contribution in [2.45, 2.75) is 23.6 Å². The summed E-state index contributed by atoms with van der Waals surface area (Å²) in [5, 5.41) is 0.877. The van der Waals surface area contributed by atoms with Gasteiger partial charge in [-0.1, -0.05) is 103 Å². The first kappa shape index (κ1) is 39.5. The lowest BCUT2D eigenvalue weighted by Crippen LogP contribution is -2.52. The fraction of sp³-hybridized carbons (Fsp3) is 0.140. The summed E-state index contributed by atoms with van der Waals surface area (Å²) >= 11 is 0. The number of nitrogens with zero attached hydrogens (tertiary/aromatic N) is 3. The Morgan fingerprint density at radius 2 is 0.793 bits per heavy atom. The number of para-hydroxylation sites is 2. The quantitative estimate of drug-likeness (QED) is 0.0760. The number of aromatic nitrogens is 3. The largest absolute Gasteiger partial charge is 0.432 e. The third-order valence-electron chi connectivity index (χ3n) is 9.39. The van der Waals surface area contributed by atoms with E-state index in [1.165, 1.54) is 60.7 Å². The smallest absolute Gasteiger partial charge is 0.422 e. The van der Waals surface area contributed by atoms with Crippen LogP contribution in [0.25, 0.3) is 44.6 Å². The number of methoxy groups -OCH3 is 2. The van der Waals surface area contributed by atoms with Crippen LogP contribution in [0.1, 0.15) is 11.1 Å². The molecule has 3 heterocycles. The molecule has 15 heteroatoms. The summed E-state index contributed by atoms with van der Waals surface area (Å²) < 4.78 is 108. The van der Waals surface area contributed by atoms with Gasteiger partial charge in [0.15, 0.2) is 11.5 Å². The van der Waals surface area contributed by atoms with Crippen molar-refractivity contribution in [3.05, 3.63) is 151 Å². The molecule has 9 nitrogen and oxygen atoms in total. The van der Waals surface area contributed by atoms with Crippen molar-refractivity contribution in [3.63, 3.8) is 0 Å². The second-order valence-electron chi connectivity index (χ2n) is 12.7. The summed E-state index contributed by atoms with van der Waals surface area (Å²) in [6.07, 6.45) is -10.4. The molecule has 0 spiro atoms. The molecule has 3 aromatic heterocycles. The second kappa shape index (κ2) is 15.3. The lowest BCUT2D eigenvalue weighted by atomic mass is 9.92. The number of hydrogen-bond donors (Lipinski definition) is 0. The summed E-state index contributed by atoms with van der Waals surface area (Å²) in [6, 6.07) is 33.0. The van der Waals surface area contributed by atoms with E-state index < -0.39 is 46.6 Å². The van der Waals surface area contributed by atoms with E-state index in [4.69, 9.17) is 18.9 Å². The summed E-state index contributed by atoms with van der Waals surface area (Å²) in [4.78, 5) is 40.8. The molecule has 0 amide bonds. The highest BCUT2D eigenvalue weighted by atomic mass is 19.4. The van der Waals surface area contributed by atoms with Crippen molar-refractivity contribution >= 4 is 33.7 Å². The van der Waals surface area contributed by atoms with Crippen LogP contribution < -0.4 is 9.47 Å². The van der Waals surface area contributed by atoms with Gasteiger partial charge in [-0.05, 0) is 36.4 Å². The molecule has 0 aliphatic rings. The zero-order valence-electron chi connectivity index (χ0n) is 30.3. The lowest BCUT2D eigenvalue weighted by molar-refractivity contribution is -0.273. The minimum Gasteiger partial charge on any atom is -0.422 e. The molecule has 7 rings (SSSR count). The Bertz CT molecular complexity index is 2470. The van der Waals surface area contributed by atoms with Gasteiger partial charge in [-0.15, -0.1) is 0 Å². The van der Waals surface area contributed by atoms with Crippen molar-refractivity contribution < 1.29 is 54.9 Å². The molecular weight excluding hydrogens is 768 g/mol. The molecular formula is C43H29F6N3O6. The number of benzene rings is 4. The van der Waals surface area contributed by atoms with Gasteiger partial charge in [0.05, 0.1) is 22.8 Å². The predicted octanol–water partition coefficient (Wildman–Crippen LogP) is 9.53. The normalized spacial score (nSPS) is 14.1. The second-order valence-corrected chi connectivity index (χ2v) is 12.7. The number of carbonyl (C=O) groups is 2. The van der Waals surface area contributed by atoms with Crippen LogP contribution in [0.15, 0.2) is 140 Å². The van der Waals surface area contributed by atoms with Crippen molar-refractivity contribution in [3.8, 4) is 34.3 Å². The molecule has 0 aliphatic heterocycles. The summed E-state index contributed by atoms with van der Waals surface area (Å²) in [5.74, 6) is -3.99. The molecule has 0 radical (unpaired) electrons. The van der Waals surface area contributed by atoms with Crippen LogP contribution >= 0.6 is 0 Å². The fourth-order valence-electron chi connectivity index (χ4n) is 6.53. The minimum absolute atomic E-state index is 0.0533. The fourth-order valence-corrected chi connectivity index (χ4v) is 6.53.